The summed E-state index contributed by atoms with van der Waals surface area (Å²) in [6.45, 7) is 6.29. The number of amides is 4. The van der Waals surface area contributed by atoms with Crippen molar-refractivity contribution in [2.24, 2.45) is 0 Å². The van der Waals surface area contributed by atoms with Crippen molar-refractivity contribution in [1.29, 1.82) is 0 Å². The van der Waals surface area contributed by atoms with Gasteiger partial charge in [-0.1, -0.05) is 0 Å². The Labute approximate surface area is 170 Å². The van der Waals surface area contributed by atoms with Crippen LogP contribution in [0.25, 0.3) is 0 Å². The van der Waals surface area contributed by atoms with Crippen LogP contribution in [0.15, 0.2) is 0 Å². The predicted octanol–water partition coefficient (Wildman–Crippen LogP) is -0.408. The maximum Gasteiger partial charge on any atom is 0.407 e. The second-order valence-electron chi connectivity index (χ2n) is 7.25. The summed E-state index contributed by atoms with van der Waals surface area (Å²) in [4.78, 5) is 57.8. The molecule has 4 N–H and O–H groups in total. The zero-order valence-corrected chi connectivity index (χ0v) is 17.7. The Hall–Kier alpha value is -2.85. The van der Waals surface area contributed by atoms with Crippen molar-refractivity contribution in [3.8, 4) is 0 Å². The molecule has 0 saturated carbocycles. The molecule has 4 amide bonds. The molecule has 0 spiro atoms. The Morgan fingerprint density at radius 3 is 2.14 bits per heavy atom. The Morgan fingerprint density at radius 1 is 0.931 bits per heavy atom. The van der Waals surface area contributed by atoms with Crippen molar-refractivity contribution in [2.75, 3.05) is 26.7 Å². The first-order valence-corrected chi connectivity index (χ1v) is 9.29. The van der Waals surface area contributed by atoms with E-state index in [1.54, 1.807) is 20.8 Å². The van der Waals surface area contributed by atoms with E-state index in [2.05, 4.69) is 26.0 Å². The Balaban J connectivity index is 4.51. The summed E-state index contributed by atoms with van der Waals surface area (Å²) in [7, 11) is 1.19. The van der Waals surface area contributed by atoms with E-state index in [0.29, 0.717) is 19.4 Å². The lowest BCUT2D eigenvalue weighted by molar-refractivity contribution is -0.141. The van der Waals surface area contributed by atoms with Gasteiger partial charge in [-0.25, -0.2) is 4.79 Å². The number of rotatable bonds is 11. The summed E-state index contributed by atoms with van der Waals surface area (Å²) in [6.07, 6.45) is 0.789. The number of hydrogen-bond donors (Lipinski definition) is 4. The fourth-order valence-corrected chi connectivity index (χ4v) is 2.05. The molecule has 0 fully saturated rings. The van der Waals surface area contributed by atoms with Crippen molar-refractivity contribution >= 4 is 29.8 Å². The van der Waals surface area contributed by atoms with Crippen LogP contribution < -0.4 is 21.3 Å². The third kappa shape index (κ3) is 14.8. The van der Waals surface area contributed by atoms with Crippen LogP contribution in [0.1, 0.15) is 47.0 Å². The summed E-state index contributed by atoms with van der Waals surface area (Å²) in [6, 6.07) is -0.901. The largest absolute Gasteiger partial charge is 0.468 e. The summed E-state index contributed by atoms with van der Waals surface area (Å²) in [5.41, 5.74) is -0.592. The number of hydrogen-bond acceptors (Lipinski definition) is 7. The van der Waals surface area contributed by atoms with Gasteiger partial charge in [0.1, 0.15) is 18.2 Å². The second-order valence-corrected chi connectivity index (χ2v) is 7.25. The van der Waals surface area contributed by atoms with E-state index in [1.807, 2.05) is 0 Å². The van der Waals surface area contributed by atoms with Gasteiger partial charge >= 0.3 is 12.1 Å². The molecule has 0 rings (SSSR count). The van der Waals surface area contributed by atoms with E-state index >= 15 is 0 Å². The molecule has 0 aliphatic rings. The van der Waals surface area contributed by atoms with E-state index < -0.39 is 35.5 Å². The van der Waals surface area contributed by atoms with Crippen LogP contribution in [-0.4, -0.2) is 68.2 Å². The number of methoxy groups -OCH3 is 1. The first-order valence-electron chi connectivity index (χ1n) is 9.29. The highest BCUT2D eigenvalue weighted by atomic mass is 16.6. The minimum Gasteiger partial charge on any atom is -0.468 e. The van der Waals surface area contributed by atoms with Gasteiger partial charge in [-0.2, -0.15) is 0 Å². The van der Waals surface area contributed by atoms with Gasteiger partial charge in [0.25, 0.3) is 0 Å². The molecule has 0 heterocycles. The average Bonchev–Trinajstić information content (AvgIpc) is 2.61. The van der Waals surface area contributed by atoms with Crippen LogP contribution in [0, 0.1) is 0 Å². The van der Waals surface area contributed by atoms with E-state index in [4.69, 9.17) is 4.74 Å². The third-order valence-corrected chi connectivity index (χ3v) is 3.37. The molecule has 0 aromatic carbocycles. The van der Waals surface area contributed by atoms with Crippen LogP contribution in [0.5, 0.6) is 0 Å². The molecule has 1 unspecified atom stereocenters. The highest BCUT2D eigenvalue weighted by Crippen LogP contribution is 2.07. The van der Waals surface area contributed by atoms with Crippen LogP contribution in [0.2, 0.25) is 0 Å². The quantitative estimate of drug-likeness (QED) is 0.264. The number of nitrogens with one attached hydrogen (secondary N) is 4. The van der Waals surface area contributed by atoms with E-state index in [1.165, 1.54) is 14.0 Å². The van der Waals surface area contributed by atoms with Gasteiger partial charge in [0.2, 0.25) is 17.7 Å². The molecule has 0 aliphatic carbocycles. The number of esters is 1. The normalized spacial score (nSPS) is 11.6. The Kier molecular flexibility index (Phi) is 12.0. The number of unbranched alkanes of at least 4 members (excludes halogenated alkanes) is 1. The SMILES string of the molecule is COC(=O)CNC(=O)C(CCCCNC(=O)OC(C)(C)C)NC(=O)CNC(C)=O. The van der Waals surface area contributed by atoms with Gasteiger partial charge in [0.05, 0.1) is 13.7 Å². The maximum atomic E-state index is 12.3. The molecule has 1 atom stereocenters. The van der Waals surface area contributed by atoms with Gasteiger partial charge in [0.15, 0.2) is 0 Å². The first kappa shape index (κ1) is 26.1. The molecule has 0 saturated heterocycles. The van der Waals surface area contributed by atoms with Crippen LogP contribution in [-0.2, 0) is 28.7 Å². The summed E-state index contributed by atoms with van der Waals surface area (Å²) in [5, 5.41) is 9.84. The van der Waals surface area contributed by atoms with Crippen molar-refractivity contribution in [3.05, 3.63) is 0 Å². The summed E-state index contributed by atoms with van der Waals surface area (Å²) in [5.74, 6) is -2.08. The van der Waals surface area contributed by atoms with Crippen LogP contribution in [0.3, 0.4) is 0 Å². The van der Waals surface area contributed by atoms with Gasteiger partial charge in [-0.3, -0.25) is 19.2 Å². The zero-order chi connectivity index (χ0) is 22.4. The third-order valence-electron chi connectivity index (χ3n) is 3.37. The van der Waals surface area contributed by atoms with Crippen molar-refractivity contribution < 1.29 is 33.4 Å². The van der Waals surface area contributed by atoms with Gasteiger partial charge < -0.3 is 30.7 Å². The molecular weight excluding hydrogens is 384 g/mol. The van der Waals surface area contributed by atoms with Crippen LogP contribution in [0.4, 0.5) is 4.79 Å². The van der Waals surface area contributed by atoms with E-state index in [0.717, 1.165) is 0 Å². The monoisotopic (exact) mass is 416 g/mol. The van der Waals surface area contributed by atoms with Gasteiger partial charge in [0, 0.05) is 13.5 Å². The lowest BCUT2D eigenvalue weighted by atomic mass is 10.1. The fraction of sp³-hybridized carbons (Fsp3) is 0.722. The topological polar surface area (TPSA) is 152 Å². The Morgan fingerprint density at radius 2 is 1.59 bits per heavy atom. The maximum absolute atomic E-state index is 12.3. The predicted molar refractivity (Wildman–Crippen MR) is 104 cm³/mol. The molecule has 0 aliphatic heterocycles. The highest BCUT2D eigenvalue weighted by molar-refractivity contribution is 5.91. The van der Waals surface area contributed by atoms with Crippen LogP contribution >= 0.6 is 0 Å². The molecule has 0 bridgehead atoms. The first-order chi connectivity index (χ1) is 13.4. The van der Waals surface area contributed by atoms with Crippen molar-refractivity contribution in [1.82, 2.24) is 21.3 Å². The minimum absolute atomic E-state index is 0.268. The molecule has 11 heteroatoms. The number of carbonyl (C=O) groups excluding carboxylic acids is 5. The smallest absolute Gasteiger partial charge is 0.407 e. The van der Waals surface area contributed by atoms with Gasteiger partial charge in [-0.05, 0) is 40.0 Å². The molecule has 0 aromatic rings. The minimum atomic E-state index is -0.901. The van der Waals surface area contributed by atoms with Gasteiger partial charge in [-0.15, -0.1) is 0 Å². The molecule has 0 aromatic heterocycles. The lowest BCUT2D eigenvalue weighted by Crippen LogP contribution is -2.50. The highest BCUT2D eigenvalue weighted by Gasteiger charge is 2.21. The van der Waals surface area contributed by atoms with Crippen molar-refractivity contribution in [3.63, 3.8) is 0 Å². The number of carbonyl (C=O) groups is 5. The standard InChI is InChI=1S/C18H32N4O7/c1-12(23)20-10-14(24)22-13(16(26)21-11-15(25)28-5)8-6-7-9-19-17(27)29-18(2,3)4/h13H,6-11H2,1-5H3,(H,19,27)(H,20,23)(H,21,26)(H,22,24). The molecular formula is C18H32N4O7. The van der Waals surface area contributed by atoms with E-state index in [-0.39, 0.29) is 25.4 Å². The number of ether oxygens (including phenoxy) is 2. The zero-order valence-electron chi connectivity index (χ0n) is 17.7. The van der Waals surface area contributed by atoms with E-state index in [9.17, 15) is 24.0 Å². The molecule has 0 radical (unpaired) electrons. The molecule has 166 valence electrons. The Bertz CT molecular complexity index is 587. The summed E-state index contributed by atoms with van der Waals surface area (Å²) < 4.78 is 9.57. The fourth-order valence-electron chi connectivity index (χ4n) is 2.05. The molecule has 29 heavy (non-hydrogen) atoms. The summed E-state index contributed by atoms with van der Waals surface area (Å²) >= 11 is 0. The lowest BCUT2D eigenvalue weighted by Gasteiger charge is -2.20. The molecule has 11 nitrogen and oxygen atoms in total. The number of alkyl carbamates (subject to hydrolysis) is 1. The average molecular weight is 416 g/mol. The second kappa shape index (κ2) is 13.3. The van der Waals surface area contributed by atoms with Crippen molar-refractivity contribution in [2.45, 2.75) is 58.6 Å².